The van der Waals surface area contributed by atoms with Crippen molar-refractivity contribution < 1.29 is 28.7 Å². The molecular formula is C31H42N4O6. The molecule has 3 rings (SSSR count). The molecular weight excluding hydrogens is 524 g/mol. The molecule has 10 nitrogen and oxygen atoms in total. The third-order valence-corrected chi connectivity index (χ3v) is 6.74. The van der Waals surface area contributed by atoms with Crippen LogP contribution in [0, 0.1) is 5.92 Å². The fourth-order valence-electron chi connectivity index (χ4n) is 4.57. The number of carbonyl (C=O) groups excluding carboxylic acids is 4. The van der Waals surface area contributed by atoms with E-state index in [1.807, 2.05) is 38.1 Å². The van der Waals surface area contributed by atoms with Crippen molar-refractivity contribution in [2.75, 3.05) is 33.4 Å². The second kappa shape index (κ2) is 15.1. The Morgan fingerprint density at radius 2 is 1.76 bits per heavy atom. The highest BCUT2D eigenvalue weighted by atomic mass is 16.5. The van der Waals surface area contributed by atoms with E-state index < -0.39 is 29.8 Å². The maximum atomic E-state index is 13.2. The Kier molecular flexibility index (Phi) is 11.6. The molecule has 1 aliphatic rings. The number of hydrogen-bond acceptors (Lipinski definition) is 6. The fraction of sp³-hybridized carbons (Fsp3) is 0.484. The molecule has 222 valence electrons. The highest BCUT2D eigenvalue weighted by molar-refractivity contribution is 6.01. The number of benzene rings is 2. The van der Waals surface area contributed by atoms with Crippen molar-refractivity contribution in [1.82, 2.24) is 20.9 Å². The molecule has 0 radical (unpaired) electrons. The van der Waals surface area contributed by atoms with Crippen molar-refractivity contribution in [2.24, 2.45) is 5.92 Å². The number of carbonyl (C=O) groups is 4. The molecule has 0 aromatic heterocycles. The molecule has 10 heteroatoms. The van der Waals surface area contributed by atoms with Gasteiger partial charge in [0, 0.05) is 7.05 Å². The highest BCUT2D eigenvalue weighted by Crippen LogP contribution is 2.25. The number of para-hydroxylation sites is 2. The Labute approximate surface area is 242 Å². The van der Waals surface area contributed by atoms with Crippen molar-refractivity contribution >= 4 is 23.6 Å². The predicted molar refractivity (Wildman–Crippen MR) is 156 cm³/mol. The zero-order valence-corrected chi connectivity index (χ0v) is 24.6. The lowest BCUT2D eigenvalue weighted by Gasteiger charge is -2.27. The van der Waals surface area contributed by atoms with Gasteiger partial charge in [0.1, 0.15) is 36.8 Å². The van der Waals surface area contributed by atoms with Gasteiger partial charge in [0.25, 0.3) is 5.91 Å². The van der Waals surface area contributed by atoms with E-state index in [1.165, 1.54) is 4.90 Å². The average Bonchev–Trinajstić information content (AvgIpc) is 2.93. The Bertz CT molecular complexity index is 1210. The molecule has 2 atom stereocenters. The first kappa shape index (κ1) is 31.4. The number of fused-ring (bicyclic) bond motifs is 1. The van der Waals surface area contributed by atoms with Crippen molar-refractivity contribution in [3.63, 3.8) is 0 Å². The van der Waals surface area contributed by atoms with Gasteiger partial charge in [-0.1, -0.05) is 58.0 Å². The van der Waals surface area contributed by atoms with Crippen molar-refractivity contribution in [3.8, 4) is 11.5 Å². The first-order valence-electron chi connectivity index (χ1n) is 14.1. The Hall–Kier alpha value is -4.08. The van der Waals surface area contributed by atoms with E-state index >= 15 is 0 Å². The van der Waals surface area contributed by atoms with Crippen LogP contribution in [0.4, 0.5) is 0 Å². The number of amides is 4. The van der Waals surface area contributed by atoms with Gasteiger partial charge in [0.2, 0.25) is 17.7 Å². The van der Waals surface area contributed by atoms with E-state index in [0.29, 0.717) is 12.2 Å². The zero-order chi connectivity index (χ0) is 29.9. The number of hydrogen-bond donors (Lipinski definition) is 3. The SMILES string of the molecule is CC(C)C[C@@H]1NC(=O)C[C@@H](C(=O)NCCOc2ccccc2C(C)C)NC(=O)c2ccccc2OCCN(C)C1=O. The van der Waals surface area contributed by atoms with E-state index in [4.69, 9.17) is 9.47 Å². The van der Waals surface area contributed by atoms with Crippen LogP contribution in [0.15, 0.2) is 48.5 Å². The van der Waals surface area contributed by atoms with Gasteiger partial charge in [-0.2, -0.15) is 0 Å². The lowest BCUT2D eigenvalue weighted by molar-refractivity contribution is -0.136. The molecule has 0 spiro atoms. The predicted octanol–water partition coefficient (Wildman–Crippen LogP) is 2.88. The third kappa shape index (κ3) is 9.23. The summed E-state index contributed by atoms with van der Waals surface area (Å²) in [6.45, 7) is 8.87. The Morgan fingerprint density at radius 3 is 2.49 bits per heavy atom. The average molecular weight is 567 g/mol. The first-order valence-corrected chi connectivity index (χ1v) is 14.1. The van der Waals surface area contributed by atoms with Gasteiger partial charge < -0.3 is 30.3 Å². The number of nitrogens with zero attached hydrogens (tertiary/aromatic N) is 1. The minimum Gasteiger partial charge on any atom is -0.491 e. The van der Waals surface area contributed by atoms with Gasteiger partial charge >= 0.3 is 0 Å². The molecule has 1 heterocycles. The molecule has 41 heavy (non-hydrogen) atoms. The lowest BCUT2D eigenvalue weighted by Crippen LogP contribution is -2.53. The van der Waals surface area contributed by atoms with Crippen LogP contribution in [0.5, 0.6) is 11.5 Å². The molecule has 4 amide bonds. The topological polar surface area (TPSA) is 126 Å². The van der Waals surface area contributed by atoms with Gasteiger partial charge in [-0.15, -0.1) is 0 Å². The molecule has 2 aromatic rings. The summed E-state index contributed by atoms with van der Waals surface area (Å²) >= 11 is 0. The third-order valence-electron chi connectivity index (χ3n) is 6.74. The summed E-state index contributed by atoms with van der Waals surface area (Å²) in [5.41, 5.74) is 1.29. The number of likely N-dealkylation sites (N-methyl/N-ethyl adjacent to an activating group) is 1. The highest BCUT2D eigenvalue weighted by Gasteiger charge is 2.30. The summed E-state index contributed by atoms with van der Waals surface area (Å²) in [5, 5.41) is 8.23. The summed E-state index contributed by atoms with van der Waals surface area (Å²) < 4.78 is 11.7. The summed E-state index contributed by atoms with van der Waals surface area (Å²) in [6.07, 6.45) is 0.0836. The van der Waals surface area contributed by atoms with Crippen LogP contribution in [-0.4, -0.2) is 74.0 Å². The van der Waals surface area contributed by atoms with Gasteiger partial charge in [-0.25, -0.2) is 0 Å². The van der Waals surface area contributed by atoms with E-state index in [9.17, 15) is 19.2 Å². The molecule has 0 saturated heterocycles. The normalized spacial score (nSPS) is 18.6. The van der Waals surface area contributed by atoms with Crippen molar-refractivity contribution in [3.05, 3.63) is 59.7 Å². The fourth-order valence-corrected chi connectivity index (χ4v) is 4.57. The smallest absolute Gasteiger partial charge is 0.255 e. The molecule has 0 bridgehead atoms. The Morgan fingerprint density at radius 1 is 1.05 bits per heavy atom. The molecule has 3 N–H and O–H groups in total. The molecule has 0 aliphatic carbocycles. The van der Waals surface area contributed by atoms with Crippen LogP contribution in [0.1, 0.15) is 62.4 Å². The van der Waals surface area contributed by atoms with Crippen molar-refractivity contribution in [2.45, 2.75) is 58.5 Å². The van der Waals surface area contributed by atoms with Crippen LogP contribution in [0.2, 0.25) is 0 Å². The number of nitrogens with one attached hydrogen (secondary N) is 3. The molecule has 1 aliphatic heterocycles. The summed E-state index contributed by atoms with van der Waals surface area (Å²) in [7, 11) is 1.65. The quantitative estimate of drug-likeness (QED) is 0.422. The summed E-state index contributed by atoms with van der Waals surface area (Å²) in [6, 6.07) is 12.4. The molecule has 0 saturated carbocycles. The van der Waals surface area contributed by atoms with Gasteiger partial charge in [0.05, 0.1) is 25.1 Å². The maximum Gasteiger partial charge on any atom is 0.255 e. The van der Waals surface area contributed by atoms with E-state index in [1.54, 1.807) is 31.3 Å². The minimum atomic E-state index is -1.19. The van der Waals surface area contributed by atoms with Gasteiger partial charge in [-0.3, -0.25) is 19.2 Å². The number of rotatable bonds is 8. The summed E-state index contributed by atoms with van der Waals surface area (Å²) in [5.74, 6) is -0.366. The van der Waals surface area contributed by atoms with Crippen LogP contribution in [-0.2, 0) is 14.4 Å². The first-order chi connectivity index (χ1) is 19.6. The molecule has 0 unspecified atom stereocenters. The van der Waals surface area contributed by atoms with Crippen molar-refractivity contribution in [1.29, 1.82) is 0 Å². The standard InChI is InChI=1S/C31H42N4O6/c1-20(2)18-25-31(39)35(5)15-17-41-27-13-9-7-11-23(27)29(37)34-24(19-28(36)33-25)30(38)32-14-16-40-26-12-8-6-10-22(26)21(3)4/h6-13,20-21,24-25H,14-19H2,1-5H3,(H,32,38)(H,33,36)(H,34,37)/t24-,25-/m0/s1. The van der Waals surface area contributed by atoms with E-state index in [0.717, 1.165) is 11.3 Å². The molecule has 2 aromatic carbocycles. The second-order valence-electron chi connectivity index (χ2n) is 10.9. The van der Waals surface area contributed by atoms with Gasteiger partial charge in [-0.05, 0) is 42.0 Å². The van der Waals surface area contributed by atoms with Crippen LogP contribution in [0.25, 0.3) is 0 Å². The second-order valence-corrected chi connectivity index (χ2v) is 10.9. The lowest BCUT2D eigenvalue weighted by atomic mass is 10.0. The largest absolute Gasteiger partial charge is 0.491 e. The van der Waals surface area contributed by atoms with E-state index in [-0.39, 0.29) is 56.0 Å². The van der Waals surface area contributed by atoms with E-state index in [2.05, 4.69) is 29.8 Å². The number of ether oxygens (including phenoxy) is 2. The van der Waals surface area contributed by atoms with Crippen LogP contribution in [0.3, 0.4) is 0 Å². The maximum absolute atomic E-state index is 13.2. The molecule has 0 fully saturated rings. The Balaban J connectivity index is 1.77. The monoisotopic (exact) mass is 566 g/mol. The zero-order valence-electron chi connectivity index (χ0n) is 24.6. The summed E-state index contributed by atoms with van der Waals surface area (Å²) in [4.78, 5) is 54.3. The van der Waals surface area contributed by atoms with Gasteiger partial charge in [0.15, 0.2) is 0 Å². The van der Waals surface area contributed by atoms with Crippen LogP contribution < -0.4 is 25.4 Å². The van der Waals surface area contributed by atoms with Crippen LogP contribution >= 0.6 is 0 Å². The minimum absolute atomic E-state index is 0.138.